The van der Waals surface area contributed by atoms with Crippen LogP contribution in [0.3, 0.4) is 0 Å². The lowest BCUT2D eigenvalue weighted by atomic mass is 9.97. The van der Waals surface area contributed by atoms with Crippen molar-refractivity contribution in [2.45, 2.75) is 32.5 Å². The summed E-state index contributed by atoms with van der Waals surface area (Å²) in [5.41, 5.74) is 3.45. The van der Waals surface area contributed by atoms with Gasteiger partial charge in [0.25, 0.3) is 0 Å². The van der Waals surface area contributed by atoms with E-state index in [1.165, 1.54) is 11.1 Å². The lowest BCUT2D eigenvalue weighted by Gasteiger charge is -2.18. The van der Waals surface area contributed by atoms with Crippen molar-refractivity contribution in [3.8, 4) is 0 Å². The van der Waals surface area contributed by atoms with Gasteiger partial charge in [-0.2, -0.15) is 5.10 Å². The molecule has 1 saturated heterocycles. The lowest BCUT2D eigenvalue weighted by molar-refractivity contribution is 0.0903. The summed E-state index contributed by atoms with van der Waals surface area (Å²) < 4.78 is 10.1. The van der Waals surface area contributed by atoms with E-state index in [9.17, 15) is 0 Å². The van der Waals surface area contributed by atoms with Gasteiger partial charge in [-0.3, -0.25) is 4.68 Å². The molecule has 1 N–H and O–H groups in total. The van der Waals surface area contributed by atoms with Crippen molar-refractivity contribution in [3.63, 3.8) is 0 Å². The fraction of sp³-hybridized carbons (Fsp3) is 0.474. The Hall–Kier alpha value is -2.18. The minimum absolute atomic E-state index is 0.145. The topological polar surface area (TPSA) is 56.9 Å². The summed E-state index contributed by atoms with van der Waals surface area (Å²) >= 11 is 0. The zero-order valence-electron chi connectivity index (χ0n) is 14.9. The monoisotopic (exact) mass is 339 g/mol. The van der Waals surface area contributed by atoms with Crippen LogP contribution in [0.25, 0.3) is 11.0 Å². The van der Waals surface area contributed by atoms with Crippen LogP contribution in [0.15, 0.2) is 36.7 Å². The van der Waals surface area contributed by atoms with Gasteiger partial charge < -0.3 is 14.6 Å². The van der Waals surface area contributed by atoms with Crippen molar-refractivity contribution in [2.24, 2.45) is 13.0 Å². The normalized spacial score (nSPS) is 20.6. The van der Waals surface area contributed by atoms with Crippen LogP contribution in [0.4, 0.5) is 0 Å². The highest BCUT2D eigenvalue weighted by molar-refractivity contribution is 5.75. The number of aryl methyl sites for hydroxylation is 2. The minimum atomic E-state index is 0.145. The van der Waals surface area contributed by atoms with Crippen LogP contribution in [-0.2, 0) is 24.9 Å². The first-order valence-corrected chi connectivity index (χ1v) is 9.01. The van der Waals surface area contributed by atoms with Gasteiger partial charge in [-0.15, -0.1) is 0 Å². The molecule has 2 atom stereocenters. The molecule has 2 aromatic heterocycles. The van der Waals surface area contributed by atoms with Crippen molar-refractivity contribution < 1.29 is 4.74 Å². The Labute approximate surface area is 147 Å². The molecule has 0 radical (unpaired) electrons. The third-order valence-electron chi connectivity index (χ3n) is 5.01. The molecule has 0 unspecified atom stereocenters. The number of hydrogen-bond donors (Lipinski definition) is 1. The van der Waals surface area contributed by atoms with Gasteiger partial charge in [0.2, 0.25) is 0 Å². The maximum absolute atomic E-state index is 5.95. The van der Waals surface area contributed by atoms with Crippen LogP contribution in [0, 0.1) is 5.92 Å². The highest BCUT2D eigenvalue weighted by atomic mass is 16.5. The van der Waals surface area contributed by atoms with Gasteiger partial charge in [-0.1, -0.05) is 12.1 Å². The fourth-order valence-corrected chi connectivity index (χ4v) is 3.78. The number of para-hydroxylation sites is 2. The second-order valence-electron chi connectivity index (χ2n) is 6.68. The molecule has 3 aromatic rings. The van der Waals surface area contributed by atoms with Gasteiger partial charge in [0.05, 0.1) is 29.9 Å². The van der Waals surface area contributed by atoms with E-state index in [1.807, 2.05) is 24.0 Å². The lowest BCUT2D eigenvalue weighted by Crippen LogP contribution is -2.25. The van der Waals surface area contributed by atoms with E-state index in [0.29, 0.717) is 5.92 Å². The molecule has 1 aliphatic rings. The number of rotatable bonds is 6. The third kappa shape index (κ3) is 3.19. The summed E-state index contributed by atoms with van der Waals surface area (Å²) in [7, 11) is 1.95. The Morgan fingerprint density at radius 1 is 1.32 bits per heavy atom. The van der Waals surface area contributed by atoms with Crippen LogP contribution >= 0.6 is 0 Å². The molecule has 1 fully saturated rings. The number of benzene rings is 1. The molecule has 132 valence electrons. The first-order chi connectivity index (χ1) is 12.3. The van der Waals surface area contributed by atoms with Gasteiger partial charge in [-0.05, 0) is 25.5 Å². The van der Waals surface area contributed by atoms with Crippen molar-refractivity contribution in [2.75, 3.05) is 13.2 Å². The van der Waals surface area contributed by atoms with Crippen molar-refractivity contribution in [3.05, 3.63) is 48.0 Å². The molecule has 0 spiro atoms. The second kappa shape index (κ2) is 6.98. The molecule has 25 heavy (non-hydrogen) atoms. The number of aromatic nitrogens is 4. The van der Waals surface area contributed by atoms with Crippen molar-refractivity contribution >= 4 is 11.0 Å². The number of fused-ring (bicyclic) bond motifs is 1. The van der Waals surface area contributed by atoms with E-state index in [-0.39, 0.29) is 6.10 Å². The highest BCUT2D eigenvalue weighted by Gasteiger charge is 2.30. The molecule has 0 aliphatic carbocycles. The Balaban J connectivity index is 1.42. The van der Waals surface area contributed by atoms with Gasteiger partial charge >= 0.3 is 0 Å². The average molecular weight is 339 g/mol. The average Bonchev–Trinajstić information content (AvgIpc) is 3.32. The zero-order chi connectivity index (χ0) is 17.2. The quantitative estimate of drug-likeness (QED) is 0.750. The largest absolute Gasteiger partial charge is 0.373 e. The molecule has 1 aliphatic heterocycles. The van der Waals surface area contributed by atoms with Crippen LogP contribution < -0.4 is 5.32 Å². The van der Waals surface area contributed by atoms with E-state index in [2.05, 4.69) is 46.3 Å². The molecule has 0 amide bonds. The Morgan fingerprint density at radius 3 is 3.00 bits per heavy atom. The van der Waals surface area contributed by atoms with Gasteiger partial charge in [-0.25, -0.2) is 4.98 Å². The summed E-state index contributed by atoms with van der Waals surface area (Å²) in [6, 6.07) is 8.33. The molecule has 0 bridgehead atoms. The fourth-order valence-electron chi connectivity index (χ4n) is 3.78. The first kappa shape index (κ1) is 16.3. The van der Waals surface area contributed by atoms with Crippen LogP contribution in [0.1, 0.15) is 30.8 Å². The highest BCUT2D eigenvalue weighted by Crippen LogP contribution is 2.33. The predicted molar refractivity (Wildman–Crippen MR) is 97.1 cm³/mol. The van der Waals surface area contributed by atoms with Gasteiger partial charge in [0.1, 0.15) is 5.82 Å². The van der Waals surface area contributed by atoms with Crippen LogP contribution in [0.5, 0.6) is 0 Å². The Kier molecular flexibility index (Phi) is 4.55. The Morgan fingerprint density at radius 2 is 2.20 bits per heavy atom. The SMILES string of the molecule is CCn1c(CNC[C@@H]2CCO[C@H]2c2cnn(C)c2)nc2ccccc21. The predicted octanol–water partition coefficient (Wildman–Crippen LogP) is 2.66. The smallest absolute Gasteiger partial charge is 0.123 e. The maximum Gasteiger partial charge on any atom is 0.123 e. The van der Waals surface area contributed by atoms with E-state index < -0.39 is 0 Å². The number of nitrogens with one attached hydrogen (secondary N) is 1. The van der Waals surface area contributed by atoms with Gasteiger partial charge in [0.15, 0.2) is 0 Å². The summed E-state index contributed by atoms with van der Waals surface area (Å²) in [5.74, 6) is 1.57. The Bertz CT molecular complexity index is 852. The summed E-state index contributed by atoms with van der Waals surface area (Å²) in [4.78, 5) is 4.78. The number of ether oxygens (including phenoxy) is 1. The second-order valence-corrected chi connectivity index (χ2v) is 6.68. The molecule has 4 rings (SSSR count). The number of hydrogen-bond acceptors (Lipinski definition) is 4. The van der Waals surface area contributed by atoms with E-state index in [1.54, 1.807) is 0 Å². The molecule has 6 nitrogen and oxygen atoms in total. The van der Waals surface area contributed by atoms with Crippen molar-refractivity contribution in [1.29, 1.82) is 0 Å². The van der Waals surface area contributed by atoms with Crippen LogP contribution in [0.2, 0.25) is 0 Å². The molecule has 3 heterocycles. The van der Waals surface area contributed by atoms with Crippen LogP contribution in [-0.4, -0.2) is 32.5 Å². The standard InChI is InChI=1S/C19H25N5O/c1-3-24-17-7-5-4-6-16(17)22-18(24)12-20-10-14-8-9-25-19(14)15-11-21-23(2)13-15/h4-7,11,13-14,19-20H,3,8-10,12H2,1-2H3/t14-,19+/m0/s1. The van der Waals surface area contributed by atoms with Crippen molar-refractivity contribution in [1.82, 2.24) is 24.6 Å². The summed E-state index contributed by atoms with van der Waals surface area (Å²) in [6.45, 7) is 5.62. The van der Waals surface area contributed by atoms with E-state index in [0.717, 1.165) is 44.0 Å². The van der Waals surface area contributed by atoms with E-state index >= 15 is 0 Å². The minimum Gasteiger partial charge on any atom is -0.373 e. The first-order valence-electron chi connectivity index (χ1n) is 9.01. The molecular formula is C19H25N5O. The maximum atomic E-state index is 5.95. The molecule has 0 saturated carbocycles. The summed E-state index contributed by atoms with van der Waals surface area (Å²) in [6.07, 6.45) is 5.20. The van der Waals surface area contributed by atoms with Gasteiger partial charge in [0, 0.05) is 44.4 Å². The molecule has 1 aromatic carbocycles. The van der Waals surface area contributed by atoms with E-state index in [4.69, 9.17) is 9.72 Å². The zero-order valence-corrected chi connectivity index (χ0v) is 14.9. The number of imidazole rings is 1. The number of nitrogens with zero attached hydrogens (tertiary/aromatic N) is 4. The third-order valence-corrected chi connectivity index (χ3v) is 5.01. The molecular weight excluding hydrogens is 314 g/mol. The molecule has 6 heteroatoms. The summed E-state index contributed by atoms with van der Waals surface area (Å²) in [5, 5.41) is 7.87.